The van der Waals surface area contributed by atoms with Crippen molar-refractivity contribution in [1.82, 2.24) is 10.3 Å². The summed E-state index contributed by atoms with van der Waals surface area (Å²) >= 11 is 0. The van der Waals surface area contributed by atoms with Crippen LogP contribution in [-0.2, 0) is 39.7 Å². The number of alkyl carbamates (subject to hydrolysis) is 1. The maximum Gasteiger partial charge on any atom is 0.407 e. The molecule has 3 rings (SSSR count). The number of oxazole rings is 1. The Bertz CT molecular complexity index is 1140. The van der Waals surface area contributed by atoms with E-state index in [4.69, 9.17) is 23.4 Å². The molecule has 0 radical (unpaired) electrons. The fraction of sp³-hybridized carbons (Fsp3) is 0.722. The number of unbranched alkanes of at least 4 members (excludes halogenated alkanes) is 2. The predicted octanol–water partition coefficient (Wildman–Crippen LogP) is 5.65. The van der Waals surface area contributed by atoms with Gasteiger partial charge in [-0.2, -0.15) is 0 Å². The van der Waals surface area contributed by atoms with Crippen molar-refractivity contribution in [2.75, 3.05) is 20.8 Å². The standard InChI is InChI=1S/C36H56N2O10/c1-4-5-6-12-27(40)20-28-13-9-14-29(46-28)21-31(43-2)23-32-24-33(22-30(47-32)17-19-39)48-35(41)16-8-7-11-26-25-45-34(38-26)15-10-18-37-36(42)44-3/h8,10,15-16,19,25,27-33,40H,4-7,9,11-14,17-18,20-24H2,1-3H3,(H,37,42)/b15-10-,16-8-/t27-,28-,29?,30+,31-,32?,33-/m0/s1. The number of carbonyl (C=O) groups excluding carboxylic acids is 3. The van der Waals surface area contributed by atoms with Gasteiger partial charge < -0.3 is 43.3 Å². The van der Waals surface area contributed by atoms with Crippen molar-refractivity contribution in [3.8, 4) is 0 Å². The summed E-state index contributed by atoms with van der Waals surface area (Å²) in [5.74, 6) is -0.0209. The second-order valence-corrected chi connectivity index (χ2v) is 12.7. The third-order valence-corrected chi connectivity index (χ3v) is 8.78. The van der Waals surface area contributed by atoms with Crippen molar-refractivity contribution in [3.05, 3.63) is 36.1 Å². The molecule has 2 aliphatic rings. The molecule has 0 aliphatic carbocycles. The molecule has 1 aromatic heterocycles. The summed E-state index contributed by atoms with van der Waals surface area (Å²) in [4.78, 5) is 39.5. The SMILES string of the molecule is CCCCC[C@H](O)C[C@@H]1CCCC(C[C@@H](CC2C[C@@H](OC(=O)/C=C\CCc3coc(/C=C\CNC(=O)OC)n3)C[C@@H](CC=O)O2)OC)O1. The molecule has 0 aromatic carbocycles. The highest BCUT2D eigenvalue weighted by atomic mass is 16.6. The largest absolute Gasteiger partial charge is 0.459 e. The van der Waals surface area contributed by atoms with Crippen LogP contribution in [-0.4, -0.2) is 91.9 Å². The Kier molecular flexibility index (Phi) is 18.5. The molecule has 2 unspecified atom stereocenters. The van der Waals surface area contributed by atoms with E-state index in [1.807, 2.05) is 0 Å². The van der Waals surface area contributed by atoms with E-state index in [1.165, 1.54) is 13.2 Å². The minimum atomic E-state index is -0.518. The van der Waals surface area contributed by atoms with Gasteiger partial charge in [-0.05, 0) is 63.9 Å². The number of aromatic nitrogens is 1. The zero-order valence-corrected chi connectivity index (χ0v) is 28.9. The van der Waals surface area contributed by atoms with Gasteiger partial charge in [0.15, 0.2) is 0 Å². The van der Waals surface area contributed by atoms with Gasteiger partial charge in [-0.3, -0.25) is 0 Å². The molecule has 12 nitrogen and oxygen atoms in total. The number of nitrogens with one attached hydrogen (secondary N) is 1. The summed E-state index contributed by atoms with van der Waals surface area (Å²) in [7, 11) is 2.99. The normalized spacial score (nSPS) is 24.4. The molecular formula is C36H56N2O10. The third-order valence-electron chi connectivity index (χ3n) is 8.78. The van der Waals surface area contributed by atoms with Crippen LogP contribution < -0.4 is 5.32 Å². The van der Waals surface area contributed by atoms with E-state index in [0.29, 0.717) is 44.4 Å². The molecule has 7 atom stereocenters. The Morgan fingerprint density at radius 1 is 1.06 bits per heavy atom. The van der Waals surface area contributed by atoms with E-state index in [0.717, 1.165) is 63.3 Å². The van der Waals surface area contributed by atoms with Gasteiger partial charge >= 0.3 is 12.1 Å². The first-order valence-electron chi connectivity index (χ1n) is 17.6. The first-order chi connectivity index (χ1) is 23.3. The smallest absolute Gasteiger partial charge is 0.407 e. The first kappa shape index (κ1) is 39.4. The van der Waals surface area contributed by atoms with E-state index in [9.17, 15) is 19.5 Å². The molecule has 12 heteroatoms. The van der Waals surface area contributed by atoms with Crippen molar-refractivity contribution in [2.24, 2.45) is 0 Å². The van der Waals surface area contributed by atoms with Gasteiger partial charge in [0, 0.05) is 39.0 Å². The van der Waals surface area contributed by atoms with E-state index in [1.54, 1.807) is 31.6 Å². The quantitative estimate of drug-likeness (QED) is 0.0719. The van der Waals surface area contributed by atoms with Crippen LogP contribution in [0.2, 0.25) is 0 Å². The van der Waals surface area contributed by atoms with Crippen molar-refractivity contribution in [3.63, 3.8) is 0 Å². The number of carbonyl (C=O) groups is 3. The van der Waals surface area contributed by atoms with E-state index < -0.39 is 12.1 Å². The molecule has 3 heterocycles. The number of nitrogens with zero attached hydrogens (tertiary/aromatic N) is 1. The lowest BCUT2D eigenvalue weighted by Gasteiger charge is -2.37. The maximum absolute atomic E-state index is 12.7. The second kappa shape index (κ2) is 22.6. The maximum atomic E-state index is 12.7. The number of rotatable bonds is 21. The van der Waals surface area contributed by atoms with Crippen LogP contribution in [0.25, 0.3) is 6.08 Å². The number of hydrogen-bond donors (Lipinski definition) is 2. The van der Waals surface area contributed by atoms with E-state index in [-0.39, 0.29) is 55.7 Å². The number of aliphatic hydroxyl groups excluding tert-OH is 1. The topological polar surface area (TPSA) is 156 Å². The molecule has 48 heavy (non-hydrogen) atoms. The Morgan fingerprint density at radius 3 is 2.56 bits per heavy atom. The summed E-state index contributed by atoms with van der Waals surface area (Å²) in [6.45, 7) is 2.45. The number of aryl methyl sites for hydroxylation is 1. The number of amides is 1. The number of aliphatic hydroxyl groups is 1. The molecule has 1 amide bonds. The lowest BCUT2D eigenvalue weighted by molar-refractivity contribution is -0.160. The number of aldehydes is 1. The van der Waals surface area contributed by atoms with Crippen molar-refractivity contribution < 1.29 is 47.6 Å². The highest BCUT2D eigenvalue weighted by Crippen LogP contribution is 2.31. The Hall–Kier alpha value is -3.06. The number of hydrogen-bond acceptors (Lipinski definition) is 11. The molecule has 0 saturated carbocycles. The average molecular weight is 677 g/mol. The molecule has 1 aromatic rings. The van der Waals surface area contributed by atoms with Gasteiger partial charge in [-0.15, -0.1) is 0 Å². The minimum absolute atomic E-state index is 0.0558. The number of methoxy groups -OCH3 is 2. The monoisotopic (exact) mass is 676 g/mol. The van der Waals surface area contributed by atoms with Crippen molar-refractivity contribution in [1.29, 1.82) is 0 Å². The van der Waals surface area contributed by atoms with Crippen LogP contribution in [0.15, 0.2) is 28.9 Å². The lowest BCUT2D eigenvalue weighted by atomic mass is 9.92. The van der Waals surface area contributed by atoms with E-state index in [2.05, 4.69) is 22.0 Å². The van der Waals surface area contributed by atoms with Crippen molar-refractivity contribution in [2.45, 2.75) is 146 Å². The molecule has 2 fully saturated rings. The second-order valence-electron chi connectivity index (χ2n) is 12.7. The Labute approximate surface area is 284 Å². The fourth-order valence-electron chi connectivity index (χ4n) is 6.33. The zero-order valence-electron chi connectivity index (χ0n) is 28.9. The molecule has 270 valence electrons. The summed E-state index contributed by atoms with van der Waals surface area (Å²) < 4.78 is 34.2. The summed E-state index contributed by atoms with van der Waals surface area (Å²) in [5.41, 5.74) is 0.736. The van der Waals surface area contributed by atoms with Crippen LogP contribution in [0.4, 0.5) is 4.79 Å². The molecular weight excluding hydrogens is 620 g/mol. The number of ether oxygens (including phenoxy) is 5. The molecule has 2 N–H and O–H groups in total. The zero-order chi connectivity index (χ0) is 34.6. The summed E-state index contributed by atoms with van der Waals surface area (Å²) in [5, 5.41) is 13.0. The van der Waals surface area contributed by atoms with Gasteiger partial charge in [-0.1, -0.05) is 38.3 Å². The molecule has 2 saturated heterocycles. The number of esters is 1. The van der Waals surface area contributed by atoms with Gasteiger partial charge in [0.2, 0.25) is 5.89 Å². The first-order valence-corrected chi connectivity index (χ1v) is 17.6. The van der Waals surface area contributed by atoms with Crippen LogP contribution in [0, 0.1) is 0 Å². The number of allylic oxidation sites excluding steroid dienone is 1. The van der Waals surface area contributed by atoms with Gasteiger partial charge in [-0.25, -0.2) is 14.6 Å². The van der Waals surface area contributed by atoms with Crippen LogP contribution >= 0.6 is 0 Å². The lowest BCUT2D eigenvalue weighted by Crippen LogP contribution is -2.40. The van der Waals surface area contributed by atoms with Gasteiger partial charge in [0.25, 0.3) is 0 Å². The highest BCUT2D eigenvalue weighted by molar-refractivity contribution is 5.82. The summed E-state index contributed by atoms with van der Waals surface area (Å²) in [6.07, 6.45) is 18.7. The Morgan fingerprint density at radius 2 is 1.81 bits per heavy atom. The highest BCUT2D eigenvalue weighted by Gasteiger charge is 2.34. The Balaban J connectivity index is 1.43. The minimum Gasteiger partial charge on any atom is -0.459 e. The molecule has 0 bridgehead atoms. The molecule has 2 aliphatic heterocycles. The van der Waals surface area contributed by atoms with Gasteiger partial charge in [0.05, 0.1) is 49.4 Å². The fourth-order valence-corrected chi connectivity index (χ4v) is 6.33. The van der Waals surface area contributed by atoms with Crippen LogP contribution in [0.1, 0.15) is 108 Å². The summed E-state index contributed by atoms with van der Waals surface area (Å²) in [6, 6.07) is 0. The van der Waals surface area contributed by atoms with Crippen molar-refractivity contribution >= 4 is 24.4 Å². The van der Waals surface area contributed by atoms with Crippen LogP contribution in [0.3, 0.4) is 0 Å². The van der Waals surface area contributed by atoms with E-state index >= 15 is 0 Å². The predicted molar refractivity (Wildman–Crippen MR) is 179 cm³/mol. The van der Waals surface area contributed by atoms with Gasteiger partial charge in [0.1, 0.15) is 18.7 Å². The molecule has 0 spiro atoms. The van der Waals surface area contributed by atoms with Crippen LogP contribution in [0.5, 0.6) is 0 Å². The average Bonchev–Trinajstić information content (AvgIpc) is 3.52. The third kappa shape index (κ3) is 15.4.